The van der Waals surface area contributed by atoms with Crippen LogP contribution in [0.1, 0.15) is 24.4 Å². The summed E-state index contributed by atoms with van der Waals surface area (Å²) in [6, 6.07) is 12.5. The number of hydrogen-bond acceptors (Lipinski definition) is 3. The maximum absolute atomic E-state index is 4.66. The molecular formula is C16H18N4. The highest BCUT2D eigenvalue weighted by Gasteiger charge is 2.09. The number of hydrogen-bond donors (Lipinski definition) is 1. The summed E-state index contributed by atoms with van der Waals surface area (Å²) in [6.45, 7) is 2.88. The maximum atomic E-state index is 4.66. The van der Waals surface area contributed by atoms with Crippen LogP contribution in [0, 0.1) is 0 Å². The third-order valence-corrected chi connectivity index (χ3v) is 3.63. The average Bonchev–Trinajstić information content (AvgIpc) is 2.83. The first kappa shape index (κ1) is 12.8. The number of rotatable bonds is 4. The number of benzene rings is 1. The first-order valence-electron chi connectivity index (χ1n) is 6.79. The summed E-state index contributed by atoms with van der Waals surface area (Å²) in [6.07, 6.45) is 3.69. The van der Waals surface area contributed by atoms with Gasteiger partial charge in [0, 0.05) is 25.5 Å². The molecule has 0 amide bonds. The molecule has 3 rings (SSSR count). The van der Waals surface area contributed by atoms with Crippen molar-refractivity contribution in [2.45, 2.75) is 19.5 Å². The van der Waals surface area contributed by atoms with Gasteiger partial charge in [-0.2, -0.15) is 0 Å². The smallest absolute Gasteiger partial charge is 0.123 e. The summed E-state index contributed by atoms with van der Waals surface area (Å²) >= 11 is 0. The number of pyridine rings is 1. The van der Waals surface area contributed by atoms with E-state index in [1.807, 2.05) is 30.5 Å². The van der Waals surface area contributed by atoms with E-state index >= 15 is 0 Å². The van der Waals surface area contributed by atoms with E-state index in [4.69, 9.17) is 0 Å². The summed E-state index contributed by atoms with van der Waals surface area (Å²) in [7, 11) is 2.06. The number of para-hydroxylation sites is 2. The lowest BCUT2D eigenvalue weighted by atomic mass is 10.1. The van der Waals surface area contributed by atoms with Crippen molar-refractivity contribution >= 4 is 11.0 Å². The minimum Gasteiger partial charge on any atom is -0.330 e. The van der Waals surface area contributed by atoms with Gasteiger partial charge in [-0.3, -0.25) is 4.98 Å². The molecular weight excluding hydrogens is 248 g/mol. The van der Waals surface area contributed by atoms with Crippen molar-refractivity contribution in [3.63, 3.8) is 0 Å². The van der Waals surface area contributed by atoms with E-state index in [1.165, 1.54) is 11.1 Å². The van der Waals surface area contributed by atoms with Crippen molar-refractivity contribution in [1.29, 1.82) is 0 Å². The van der Waals surface area contributed by atoms with Crippen LogP contribution in [0.3, 0.4) is 0 Å². The highest BCUT2D eigenvalue weighted by molar-refractivity contribution is 5.75. The largest absolute Gasteiger partial charge is 0.330 e. The summed E-state index contributed by atoms with van der Waals surface area (Å²) < 4.78 is 2.14. The Morgan fingerprint density at radius 2 is 2.05 bits per heavy atom. The van der Waals surface area contributed by atoms with Crippen molar-refractivity contribution in [3.8, 4) is 0 Å². The van der Waals surface area contributed by atoms with Crippen LogP contribution in [0.5, 0.6) is 0 Å². The summed E-state index contributed by atoms with van der Waals surface area (Å²) in [5.74, 6) is 1.04. The van der Waals surface area contributed by atoms with E-state index in [1.54, 1.807) is 6.20 Å². The van der Waals surface area contributed by atoms with E-state index in [0.717, 1.165) is 17.9 Å². The SMILES string of the molecule is C[C@H](NCc1nc2ccccc2n1C)c1cccnc1. The van der Waals surface area contributed by atoms with Crippen LogP contribution in [-0.2, 0) is 13.6 Å². The third-order valence-electron chi connectivity index (χ3n) is 3.63. The molecule has 0 spiro atoms. The normalized spacial score (nSPS) is 12.7. The molecule has 0 aliphatic rings. The van der Waals surface area contributed by atoms with Crippen LogP contribution >= 0.6 is 0 Å². The lowest BCUT2D eigenvalue weighted by Gasteiger charge is -2.13. The molecule has 1 atom stereocenters. The first-order valence-corrected chi connectivity index (χ1v) is 6.79. The fraction of sp³-hybridized carbons (Fsp3) is 0.250. The third kappa shape index (κ3) is 2.42. The zero-order valence-corrected chi connectivity index (χ0v) is 11.7. The molecule has 0 radical (unpaired) electrons. The van der Waals surface area contributed by atoms with Crippen LogP contribution in [0.25, 0.3) is 11.0 Å². The molecule has 20 heavy (non-hydrogen) atoms. The number of imidazole rings is 1. The second-order valence-electron chi connectivity index (χ2n) is 4.96. The second kappa shape index (κ2) is 5.43. The topological polar surface area (TPSA) is 42.7 Å². The van der Waals surface area contributed by atoms with Gasteiger partial charge in [-0.25, -0.2) is 4.98 Å². The molecule has 2 heterocycles. The molecule has 4 heteroatoms. The van der Waals surface area contributed by atoms with Gasteiger partial charge >= 0.3 is 0 Å². The minimum absolute atomic E-state index is 0.253. The molecule has 2 aromatic heterocycles. The Balaban J connectivity index is 1.76. The Hall–Kier alpha value is -2.20. The van der Waals surface area contributed by atoms with Gasteiger partial charge in [-0.05, 0) is 30.7 Å². The van der Waals surface area contributed by atoms with E-state index in [2.05, 4.69) is 46.0 Å². The first-order chi connectivity index (χ1) is 9.75. The number of fused-ring (bicyclic) bond motifs is 1. The van der Waals surface area contributed by atoms with Crippen molar-refractivity contribution in [3.05, 3.63) is 60.2 Å². The summed E-state index contributed by atoms with van der Waals surface area (Å²) in [5.41, 5.74) is 3.39. The Labute approximate surface area is 118 Å². The molecule has 1 N–H and O–H groups in total. The van der Waals surface area contributed by atoms with E-state index in [0.29, 0.717) is 0 Å². The van der Waals surface area contributed by atoms with E-state index in [9.17, 15) is 0 Å². The molecule has 0 saturated heterocycles. The second-order valence-corrected chi connectivity index (χ2v) is 4.96. The lowest BCUT2D eigenvalue weighted by molar-refractivity contribution is 0.550. The fourth-order valence-corrected chi connectivity index (χ4v) is 2.35. The molecule has 1 aromatic carbocycles. The van der Waals surface area contributed by atoms with Gasteiger partial charge in [0.1, 0.15) is 5.82 Å². The van der Waals surface area contributed by atoms with Gasteiger partial charge in [-0.15, -0.1) is 0 Å². The van der Waals surface area contributed by atoms with Crippen molar-refractivity contribution in [2.24, 2.45) is 7.05 Å². The summed E-state index contributed by atoms with van der Waals surface area (Å²) in [5, 5.41) is 3.49. The van der Waals surface area contributed by atoms with Gasteiger partial charge in [-0.1, -0.05) is 18.2 Å². The van der Waals surface area contributed by atoms with Crippen molar-refractivity contribution in [1.82, 2.24) is 19.9 Å². The van der Waals surface area contributed by atoms with Gasteiger partial charge in [0.15, 0.2) is 0 Å². The molecule has 0 saturated carbocycles. The van der Waals surface area contributed by atoms with Crippen molar-refractivity contribution in [2.75, 3.05) is 0 Å². The Morgan fingerprint density at radius 3 is 2.80 bits per heavy atom. The van der Waals surface area contributed by atoms with Gasteiger partial charge in [0.05, 0.1) is 17.6 Å². The molecule has 0 bridgehead atoms. The number of aryl methyl sites for hydroxylation is 1. The maximum Gasteiger partial charge on any atom is 0.123 e. The van der Waals surface area contributed by atoms with Crippen LogP contribution in [0.4, 0.5) is 0 Å². The average molecular weight is 266 g/mol. The number of nitrogens with one attached hydrogen (secondary N) is 1. The molecule has 102 valence electrons. The van der Waals surface area contributed by atoms with Crippen LogP contribution in [-0.4, -0.2) is 14.5 Å². The minimum atomic E-state index is 0.253. The van der Waals surface area contributed by atoms with Crippen LogP contribution in [0.15, 0.2) is 48.8 Å². The lowest BCUT2D eigenvalue weighted by Crippen LogP contribution is -2.20. The zero-order valence-electron chi connectivity index (χ0n) is 11.7. The zero-order chi connectivity index (χ0) is 13.9. The molecule has 0 aliphatic carbocycles. The van der Waals surface area contributed by atoms with Gasteiger partial charge in [0.2, 0.25) is 0 Å². The highest BCUT2D eigenvalue weighted by atomic mass is 15.1. The van der Waals surface area contributed by atoms with Gasteiger partial charge < -0.3 is 9.88 Å². The van der Waals surface area contributed by atoms with Crippen molar-refractivity contribution < 1.29 is 0 Å². The van der Waals surface area contributed by atoms with Crippen LogP contribution in [0.2, 0.25) is 0 Å². The van der Waals surface area contributed by atoms with E-state index in [-0.39, 0.29) is 6.04 Å². The quantitative estimate of drug-likeness (QED) is 0.789. The predicted octanol–water partition coefficient (Wildman–Crippen LogP) is 2.82. The summed E-state index contributed by atoms with van der Waals surface area (Å²) in [4.78, 5) is 8.81. The Bertz CT molecular complexity index is 703. The molecule has 4 nitrogen and oxygen atoms in total. The Morgan fingerprint density at radius 1 is 1.20 bits per heavy atom. The highest BCUT2D eigenvalue weighted by Crippen LogP contribution is 2.15. The molecule has 0 fully saturated rings. The van der Waals surface area contributed by atoms with Gasteiger partial charge in [0.25, 0.3) is 0 Å². The van der Waals surface area contributed by atoms with Crippen LogP contribution < -0.4 is 5.32 Å². The molecule has 3 aromatic rings. The van der Waals surface area contributed by atoms with E-state index < -0.39 is 0 Å². The standard InChI is InChI=1S/C16H18N4/c1-12(13-6-5-9-17-10-13)18-11-16-19-14-7-3-4-8-15(14)20(16)2/h3-10,12,18H,11H2,1-2H3/t12-/m0/s1. The number of nitrogens with zero attached hydrogens (tertiary/aromatic N) is 3. The monoisotopic (exact) mass is 266 g/mol. The molecule has 0 unspecified atom stereocenters. The fourth-order valence-electron chi connectivity index (χ4n) is 2.35. The Kier molecular flexibility index (Phi) is 3.48. The number of aromatic nitrogens is 3. The molecule has 0 aliphatic heterocycles. The predicted molar refractivity (Wildman–Crippen MR) is 80.2 cm³/mol.